The first-order chi connectivity index (χ1) is 11.5. The standard InChI is InChI=1S/C17H16F2N2O3/c18-13-6-12(7-14(19)8-13)17(24)20-9-16(23)21-15(10-22)11-4-2-1-3-5-11/h1-8,15,22H,9-10H2,(H,20,24)(H,21,23). The summed E-state index contributed by atoms with van der Waals surface area (Å²) >= 11 is 0. The Kier molecular flexibility index (Phi) is 5.97. The predicted octanol–water partition coefficient (Wildman–Crippen LogP) is 1.54. The molecule has 1 unspecified atom stereocenters. The van der Waals surface area contributed by atoms with Crippen LogP contribution >= 0.6 is 0 Å². The number of amides is 2. The molecule has 0 saturated carbocycles. The summed E-state index contributed by atoms with van der Waals surface area (Å²) in [5, 5.41) is 14.2. The number of carbonyl (C=O) groups excluding carboxylic acids is 2. The zero-order valence-electron chi connectivity index (χ0n) is 12.6. The first-order valence-electron chi connectivity index (χ1n) is 7.19. The van der Waals surface area contributed by atoms with E-state index in [-0.39, 0.29) is 18.7 Å². The Morgan fingerprint density at radius 1 is 1.04 bits per heavy atom. The molecule has 2 aromatic rings. The summed E-state index contributed by atoms with van der Waals surface area (Å²) < 4.78 is 26.1. The minimum Gasteiger partial charge on any atom is -0.394 e. The Bertz CT molecular complexity index is 703. The van der Waals surface area contributed by atoms with E-state index in [1.807, 2.05) is 0 Å². The van der Waals surface area contributed by atoms with E-state index in [2.05, 4.69) is 10.6 Å². The number of hydrogen-bond donors (Lipinski definition) is 3. The molecule has 0 bridgehead atoms. The third kappa shape index (κ3) is 4.85. The molecule has 0 aromatic heterocycles. The molecule has 0 saturated heterocycles. The van der Waals surface area contributed by atoms with Crippen LogP contribution in [0.1, 0.15) is 22.0 Å². The molecule has 0 radical (unpaired) electrons. The fourth-order valence-electron chi connectivity index (χ4n) is 2.11. The van der Waals surface area contributed by atoms with Crippen molar-refractivity contribution >= 4 is 11.8 Å². The van der Waals surface area contributed by atoms with Crippen LogP contribution in [0.4, 0.5) is 8.78 Å². The van der Waals surface area contributed by atoms with Crippen molar-refractivity contribution in [1.82, 2.24) is 10.6 Å². The molecule has 2 amide bonds. The van der Waals surface area contributed by atoms with Crippen molar-refractivity contribution in [2.24, 2.45) is 0 Å². The lowest BCUT2D eigenvalue weighted by atomic mass is 10.1. The van der Waals surface area contributed by atoms with Crippen LogP contribution in [0.3, 0.4) is 0 Å². The molecule has 1 atom stereocenters. The lowest BCUT2D eigenvalue weighted by Gasteiger charge is -2.17. The van der Waals surface area contributed by atoms with Gasteiger partial charge in [0.05, 0.1) is 19.2 Å². The van der Waals surface area contributed by atoms with Crippen LogP contribution in [0.5, 0.6) is 0 Å². The Hall–Kier alpha value is -2.80. The van der Waals surface area contributed by atoms with Crippen LogP contribution < -0.4 is 10.6 Å². The highest BCUT2D eigenvalue weighted by Gasteiger charge is 2.15. The Balaban J connectivity index is 1.91. The maximum absolute atomic E-state index is 13.1. The normalized spacial score (nSPS) is 11.6. The van der Waals surface area contributed by atoms with E-state index in [4.69, 9.17) is 0 Å². The van der Waals surface area contributed by atoms with E-state index in [1.165, 1.54) is 0 Å². The summed E-state index contributed by atoms with van der Waals surface area (Å²) in [6.07, 6.45) is 0. The Morgan fingerprint density at radius 2 is 1.67 bits per heavy atom. The average molecular weight is 334 g/mol. The SMILES string of the molecule is O=C(CNC(=O)c1cc(F)cc(F)c1)NC(CO)c1ccccc1. The van der Waals surface area contributed by atoms with Crippen molar-refractivity contribution in [2.75, 3.05) is 13.2 Å². The molecule has 5 nitrogen and oxygen atoms in total. The molecule has 126 valence electrons. The van der Waals surface area contributed by atoms with Crippen molar-refractivity contribution < 1.29 is 23.5 Å². The quantitative estimate of drug-likeness (QED) is 0.750. The number of benzene rings is 2. The lowest BCUT2D eigenvalue weighted by molar-refractivity contribution is -0.121. The van der Waals surface area contributed by atoms with Gasteiger partial charge in [0.1, 0.15) is 11.6 Å². The second-order valence-electron chi connectivity index (χ2n) is 5.05. The van der Waals surface area contributed by atoms with Gasteiger partial charge in [0, 0.05) is 11.6 Å². The molecular formula is C17H16F2N2O3. The van der Waals surface area contributed by atoms with Crippen LogP contribution in [0.15, 0.2) is 48.5 Å². The third-order valence-electron chi connectivity index (χ3n) is 3.25. The molecule has 0 fully saturated rings. The van der Waals surface area contributed by atoms with Crippen molar-refractivity contribution in [3.63, 3.8) is 0 Å². The highest BCUT2D eigenvalue weighted by Crippen LogP contribution is 2.11. The molecule has 0 heterocycles. The van der Waals surface area contributed by atoms with E-state index >= 15 is 0 Å². The average Bonchev–Trinajstić information content (AvgIpc) is 2.57. The molecular weight excluding hydrogens is 318 g/mol. The Morgan fingerprint density at radius 3 is 2.25 bits per heavy atom. The molecule has 2 aromatic carbocycles. The van der Waals surface area contributed by atoms with Gasteiger partial charge in [-0.1, -0.05) is 30.3 Å². The second kappa shape index (κ2) is 8.16. The number of rotatable bonds is 6. The molecule has 7 heteroatoms. The zero-order chi connectivity index (χ0) is 17.5. The molecule has 24 heavy (non-hydrogen) atoms. The minimum atomic E-state index is -0.881. The van der Waals surface area contributed by atoms with Gasteiger partial charge < -0.3 is 15.7 Å². The van der Waals surface area contributed by atoms with Gasteiger partial charge in [-0.2, -0.15) is 0 Å². The summed E-state index contributed by atoms with van der Waals surface area (Å²) in [7, 11) is 0. The first kappa shape index (κ1) is 17.6. The number of nitrogens with one attached hydrogen (secondary N) is 2. The van der Waals surface area contributed by atoms with Crippen molar-refractivity contribution in [2.45, 2.75) is 6.04 Å². The van der Waals surface area contributed by atoms with E-state index in [1.54, 1.807) is 30.3 Å². The molecule has 0 aliphatic carbocycles. The van der Waals surface area contributed by atoms with E-state index in [0.717, 1.165) is 12.1 Å². The first-order valence-corrected chi connectivity index (χ1v) is 7.19. The third-order valence-corrected chi connectivity index (χ3v) is 3.25. The number of aliphatic hydroxyl groups excluding tert-OH is 1. The zero-order valence-corrected chi connectivity index (χ0v) is 12.6. The van der Waals surface area contributed by atoms with Gasteiger partial charge in [-0.3, -0.25) is 9.59 Å². The molecule has 3 N–H and O–H groups in total. The van der Waals surface area contributed by atoms with Gasteiger partial charge in [0.2, 0.25) is 5.91 Å². The summed E-state index contributed by atoms with van der Waals surface area (Å²) in [4.78, 5) is 23.7. The fourth-order valence-corrected chi connectivity index (χ4v) is 2.11. The molecule has 0 aliphatic heterocycles. The highest BCUT2D eigenvalue weighted by atomic mass is 19.1. The van der Waals surface area contributed by atoms with Crippen molar-refractivity contribution in [3.8, 4) is 0 Å². The Labute approximate surface area is 137 Å². The summed E-state index contributed by atoms with van der Waals surface area (Å²) in [5.74, 6) is -3.07. The minimum absolute atomic E-state index is 0.220. The van der Waals surface area contributed by atoms with E-state index < -0.39 is 29.5 Å². The molecule has 2 rings (SSSR count). The van der Waals surface area contributed by atoms with Crippen molar-refractivity contribution in [3.05, 3.63) is 71.3 Å². The van der Waals surface area contributed by atoms with Crippen LogP contribution in [0, 0.1) is 11.6 Å². The van der Waals surface area contributed by atoms with Crippen LogP contribution in [0.2, 0.25) is 0 Å². The van der Waals surface area contributed by atoms with Gasteiger partial charge in [-0.05, 0) is 17.7 Å². The predicted molar refractivity (Wildman–Crippen MR) is 83.1 cm³/mol. The number of carbonyl (C=O) groups is 2. The van der Waals surface area contributed by atoms with Gasteiger partial charge in [0.15, 0.2) is 0 Å². The van der Waals surface area contributed by atoms with Gasteiger partial charge in [0.25, 0.3) is 5.91 Å². The topological polar surface area (TPSA) is 78.4 Å². The van der Waals surface area contributed by atoms with E-state index in [9.17, 15) is 23.5 Å². The number of aliphatic hydroxyl groups is 1. The molecule has 0 aliphatic rings. The summed E-state index contributed by atoms with van der Waals surface area (Å²) in [6, 6.07) is 10.6. The highest BCUT2D eigenvalue weighted by molar-refractivity contribution is 5.96. The number of hydrogen-bond acceptors (Lipinski definition) is 3. The maximum atomic E-state index is 13.1. The van der Waals surface area contributed by atoms with Crippen molar-refractivity contribution in [1.29, 1.82) is 0 Å². The largest absolute Gasteiger partial charge is 0.394 e. The smallest absolute Gasteiger partial charge is 0.251 e. The second-order valence-corrected chi connectivity index (χ2v) is 5.05. The van der Waals surface area contributed by atoms with Gasteiger partial charge >= 0.3 is 0 Å². The summed E-state index contributed by atoms with van der Waals surface area (Å²) in [6.45, 7) is -0.695. The van der Waals surface area contributed by atoms with Gasteiger partial charge in [-0.15, -0.1) is 0 Å². The van der Waals surface area contributed by atoms with Crippen LogP contribution in [0.25, 0.3) is 0 Å². The monoisotopic (exact) mass is 334 g/mol. The fraction of sp³-hybridized carbons (Fsp3) is 0.176. The van der Waals surface area contributed by atoms with Crippen LogP contribution in [-0.2, 0) is 4.79 Å². The van der Waals surface area contributed by atoms with E-state index in [0.29, 0.717) is 11.6 Å². The summed E-state index contributed by atoms with van der Waals surface area (Å²) in [5.41, 5.74) is 0.494. The lowest BCUT2D eigenvalue weighted by Crippen LogP contribution is -2.39. The van der Waals surface area contributed by atoms with Crippen LogP contribution in [-0.4, -0.2) is 30.1 Å². The number of halogens is 2. The van der Waals surface area contributed by atoms with Gasteiger partial charge in [-0.25, -0.2) is 8.78 Å². The maximum Gasteiger partial charge on any atom is 0.251 e. The molecule has 0 spiro atoms.